The van der Waals surface area contributed by atoms with Crippen LogP contribution in [-0.2, 0) is 12.8 Å². The van der Waals surface area contributed by atoms with Gasteiger partial charge in [-0.25, -0.2) is 9.97 Å². The van der Waals surface area contributed by atoms with Gasteiger partial charge < -0.3 is 5.32 Å². The van der Waals surface area contributed by atoms with Crippen molar-refractivity contribution in [1.29, 1.82) is 0 Å². The normalized spacial score (nSPS) is 12.9. The van der Waals surface area contributed by atoms with Gasteiger partial charge in [0.2, 0.25) is 0 Å². The van der Waals surface area contributed by atoms with Crippen LogP contribution in [0.3, 0.4) is 0 Å². The monoisotopic (exact) mass is 318 g/mol. The van der Waals surface area contributed by atoms with Gasteiger partial charge in [0.1, 0.15) is 11.6 Å². The Morgan fingerprint density at radius 3 is 2.75 bits per heavy atom. The van der Waals surface area contributed by atoms with E-state index in [1.54, 1.807) is 12.4 Å². The van der Waals surface area contributed by atoms with E-state index in [0.29, 0.717) is 11.3 Å². The van der Waals surface area contributed by atoms with Gasteiger partial charge >= 0.3 is 0 Å². The first-order valence-corrected chi connectivity index (χ1v) is 8.10. The number of carbonyl (C=O) groups is 1. The van der Waals surface area contributed by atoms with Crippen LogP contribution in [0.5, 0.6) is 0 Å². The molecule has 1 aliphatic carbocycles. The predicted octanol–water partition coefficient (Wildman–Crippen LogP) is 3.32. The number of fused-ring (bicyclic) bond motifs is 1. The van der Waals surface area contributed by atoms with Crippen LogP contribution in [-0.4, -0.2) is 20.4 Å². The standard InChI is InChI=1S/C19H18N4O/c1-13-20-9-10-23(13)18-8-7-17(12-21-18)22-19(24)16-6-5-14-3-2-4-15(14)11-16/h5-12H,2-4H2,1H3,(H,22,24). The van der Waals surface area contributed by atoms with Gasteiger partial charge in [-0.2, -0.15) is 0 Å². The second-order valence-corrected chi connectivity index (χ2v) is 6.04. The Kier molecular flexibility index (Phi) is 3.61. The summed E-state index contributed by atoms with van der Waals surface area (Å²) in [6.45, 7) is 1.92. The smallest absolute Gasteiger partial charge is 0.255 e. The lowest BCUT2D eigenvalue weighted by molar-refractivity contribution is 0.102. The number of carbonyl (C=O) groups excluding carboxylic acids is 1. The van der Waals surface area contributed by atoms with Crippen molar-refractivity contribution in [3.63, 3.8) is 0 Å². The van der Waals surface area contributed by atoms with Crippen LogP contribution in [0.25, 0.3) is 5.82 Å². The average Bonchev–Trinajstić information content (AvgIpc) is 3.23. The number of benzene rings is 1. The maximum absolute atomic E-state index is 12.4. The van der Waals surface area contributed by atoms with Crippen LogP contribution < -0.4 is 5.32 Å². The second kappa shape index (κ2) is 5.92. The van der Waals surface area contributed by atoms with Gasteiger partial charge in [-0.05, 0) is 61.6 Å². The Bertz CT molecular complexity index is 896. The van der Waals surface area contributed by atoms with Crippen molar-refractivity contribution in [3.8, 4) is 5.82 Å². The molecule has 4 rings (SSSR count). The molecule has 0 fully saturated rings. The van der Waals surface area contributed by atoms with Crippen LogP contribution in [0.1, 0.15) is 33.7 Å². The minimum Gasteiger partial charge on any atom is -0.321 e. The van der Waals surface area contributed by atoms with E-state index in [2.05, 4.69) is 21.4 Å². The molecule has 1 N–H and O–H groups in total. The number of pyridine rings is 1. The van der Waals surface area contributed by atoms with Crippen LogP contribution in [0.2, 0.25) is 0 Å². The molecule has 0 bridgehead atoms. The summed E-state index contributed by atoms with van der Waals surface area (Å²) in [7, 11) is 0. The van der Waals surface area contributed by atoms with Gasteiger partial charge in [-0.1, -0.05) is 6.07 Å². The number of hydrogen-bond acceptors (Lipinski definition) is 3. The third kappa shape index (κ3) is 2.69. The predicted molar refractivity (Wildman–Crippen MR) is 92.5 cm³/mol. The van der Waals surface area contributed by atoms with E-state index >= 15 is 0 Å². The highest BCUT2D eigenvalue weighted by molar-refractivity contribution is 6.04. The molecule has 0 atom stereocenters. The molecule has 0 radical (unpaired) electrons. The lowest BCUT2D eigenvalue weighted by Gasteiger charge is -2.08. The number of nitrogens with zero attached hydrogens (tertiary/aromatic N) is 3. The van der Waals surface area contributed by atoms with Crippen molar-refractivity contribution in [2.24, 2.45) is 0 Å². The van der Waals surface area contributed by atoms with E-state index in [0.717, 1.165) is 24.5 Å². The fourth-order valence-corrected chi connectivity index (χ4v) is 3.14. The molecule has 0 saturated carbocycles. The zero-order valence-electron chi connectivity index (χ0n) is 13.5. The molecule has 1 amide bonds. The second-order valence-electron chi connectivity index (χ2n) is 6.04. The summed E-state index contributed by atoms with van der Waals surface area (Å²) in [6, 6.07) is 9.70. The lowest BCUT2D eigenvalue weighted by atomic mass is 10.1. The number of hydrogen-bond donors (Lipinski definition) is 1. The number of nitrogens with one attached hydrogen (secondary N) is 1. The maximum Gasteiger partial charge on any atom is 0.255 e. The highest BCUT2D eigenvalue weighted by atomic mass is 16.1. The summed E-state index contributed by atoms with van der Waals surface area (Å²) >= 11 is 0. The van der Waals surface area contributed by atoms with E-state index < -0.39 is 0 Å². The van der Waals surface area contributed by atoms with E-state index in [1.807, 2.05) is 42.0 Å². The lowest BCUT2D eigenvalue weighted by Crippen LogP contribution is -2.12. The molecule has 1 aromatic carbocycles. The Labute approximate surface area is 140 Å². The summed E-state index contributed by atoms with van der Waals surface area (Å²) in [4.78, 5) is 21.0. The number of anilines is 1. The van der Waals surface area contributed by atoms with E-state index in [1.165, 1.54) is 17.5 Å². The molecular weight excluding hydrogens is 300 g/mol. The van der Waals surface area contributed by atoms with E-state index in [-0.39, 0.29) is 5.91 Å². The molecular formula is C19H18N4O. The van der Waals surface area contributed by atoms with Crippen LogP contribution >= 0.6 is 0 Å². The molecule has 2 aromatic heterocycles. The van der Waals surface area contributed by atoms with Crippen LogP contribution in [0.4, 0.5) is 5.69 Å². The molecule has 120 valence electrons. The van der Waals surface area contributed by atoms with Crippen molar-refractivity contribution in [2.45, 2.75) is 26.2 Å². The Balaban J connectivity index is 1.51. The molecule has 0 saturated heterocycles. The molecule has 3 aromatic rings. The van der Waals surface area contributed by atoms with Gasteiger partial charge in [0.05, 0.1) is 11.9 Å². The first kappa shape index (κ1) is 14.6. The van der Waals surface area contributed by atoms with Gasteiger partial charge in [0.25, 0.3) is 5.91 Å². The summed E-state index contributed by atoms with van der Waals surface area (Å²) in [6.07, 6.45) is 8.63. The third-order valence-electron chi connectivity index (χ3n) is 4.44. The summed E-state index contributed by atoms with van der Waals surface area (Å²) in [5, 5.41) is 2.91. The van der Waals surface area contributed by atoms with Crippen LogP contribution in [0.15, 0.2) is 48.9 Å². The molecule has 0 unspecified atom stereocenters. The minimum atomic E-state index is -0.0990. The van der Waals surface area contributed by atoms with Crippen LogP contribution in [0, 0.1) is 6.92 Å². The van der Waals surface area contributed by atoms with Gasteiger partial charge in [-0.15, -0.1) is 0 Å². The van der Waals surface area contributed by atoms with Crippen molar-refractivity contribution < 1.29 is 4.79 Å². The van der Waals surface area contributed by atoms with E-state index in [9.17, 15) is 4.79 Å². The SMILES string of the molecule is Cc1nccn1-c1ccc(NC(=O)c2ccc3c(c2)CCC3)cn1. The summed E-state index contributed by atoms with van der Waals surface area (Å²) in [5.41, 5.74) is 4.05. The Morgan fingerprint density at radius 2 is 2.00 bits per heavy atom. The fourth-order valence-electron chi connectivity index (χ4n) is 3.14. The number of aromatic nitrogens is 3. The first-order valence-electron chi connectivity index (χ1n) is 8.10. The van der Waals surface area contributed by atoms with Gasteiger partial charge in [0, 0.05) is 18.0 Å². The number of imidazole rings is 1. The van der Waals surface area contributed by atoms with Gasteiger partial charge in [-0.3, -0.25) is 9.36 Å². The average molecular weight is 318 g/mol. The molecule has 0 spiro atoms. The topological polar surface area (TPSA) is 59.8 Å². The zero-order chi connectivity index (χ0) is 16.5. The van der Waals surface area contributed by atoms with Gasteiger partial charge in [0.15, 0.2) is 0 Å². The number of rotatable bonds is 3. The summed E-state index contributed by atoms with van der Waals surface area (Å²) < 4.78 is 1.89. The highest BCUT2D eigenvalue weighted by Gasteiger charge is 2.14. The van der Waals surface area contributed by atoms with Crippen molar-refractivity contribution >= 4 is 11.6 Å². The third-order valence-corrected chi connectivity index (χ3v) is 4.44. The van der Waals surface area contributed by atoms with E-state index in [4.69, 9.17) is 0 Å². The largest absolute Gasteiger partial charge is 0.321 e. The molecule has 5 nitrogen and oxygen atoms in total. The molecule has 0 aliphatic heterocycles. The maximum atomic E-state index is 12.4. The molecule has 24 heavy (non-hydrogen) atoms. The Morgan fingerprint density at radius 1 is 1.12 bits per heavy atom. The van der Waals surface area contributed by atoms with Crippen molar-refractivity contribution in [1.82, 2.24) is 14.5 Å². The molecule has 2 heterocycles. The molecule has 1 aliphatic rings. The highest BCUT2D eigenvalue weighted by Crippen LogP contribution is 2.23. The quantitative estimate of drug-likeness (QED) is 0.806. The Hall–Kier alpha value is -2.95. The van der Waals surface area contributed by atoms with Crippen molar-refractivity contribution in [3.05, 3.63) is 71.4 Å². The number of amides is 1. The first-order chi connectivity index (χ1) is 11.7. The molecule has 5 heteroatoms. The van der Waals surface area contributed by atoms with Crippen molar-refractivity contribution in [2.75, 3.05) is 5.32 Å². The fraction of sp³-hybridized carbons (Fsp3) is 0.211. The zero-order valence-corrected chi connectivity index (χ0v) is 13.5. The number of aryl methyl sites for hydroxylation is 3. The summed E-state index contributed by atoms with van der Waals surface area (Å²) in [5.74, 6) is 1.55. The minimum absolute atomic E-state index is 0.0990.